The molecule has 2 aromatic carbocycles. The van der Waals surface area contributed by atoms with Crippen molar-refractivity contribution in [2.75, 3.05) is 0 Å². The van der Waals surface area contributed by atoms with Gasteiger partial charge in [0.25, 0.3) is 5.91 Å². The van der Waals surface area contributed by atoms with Gasteiger partial charge in [0.05, 0.1) is 0 Å². The molecule has 0 saturated heterocycles. The first-order valence-electron chi connectivity index (χ1n) is 7.88. The Morgan fingerprint density at radius 3 is 2.48 bits per heavy atom. The molecule has 0 atom stereocenters. The van der Waals surface area contributed by atoms with Crippen LogP contribution >= 0.6 is 15.9 Å². The second-order valence-corrected chi connectivity index (χ2v) is 6.73. The molecule has 1 N–H and O–H groups in total. The summed E-state index contributed by atoms with van der Waals surface area (Å²) in [5.41, 5.74) is 5.78. The summed E-state index contributed by atoms with van der Waals surface area (Å²) in [6.07, 6.45) is 4.07. The first-order chi connectivity index (χ1) is 11.2. The molecule has 1 aliphatic rings. The summed E-state index contributed by atoms with van der Waals surface area (Å²) in [7, 11) is 0. The molecule has 4 heteroatoms. The predicted molar refractivity (Wildman–Crippen MR) is 96.7 cm³/mol. The molecule has 0 aromatic heterocycles. The maximum atomic E-state index is 12.1. The number of nitrogens with zero attached hydrogens (tertiary/aromatic N) is 1. The van der Waals surface area contributed by atoms with Gasteiger partial charge in [0.2, 0.25) is 0 Å². The summed E-state index contributed by atoms with van der Waals surface area (Å²) in [6.45, 7) is 0. The van der Waals surface area contributed by atoms with E-state index >= 15 is 0 Å². The second-order valence-electron chi connectivity index (χ2n) is 5.81. The van der Waals surface area contributed by atoms with E-state index in [1.165, 1.54) is 5.56 Å². The summed E-state index contributed by atoms with van der Waals surface area (Å²) in [5, 5.41) is 4.32. The highest BCUT2D eigenvalue weighted by Gasteiger charge is 2.19. The van der Waals surface area contributed by atoms with E-state index in [1.807, 2.05) is 12.1 Å². The summed E-state index contributed by atoms with van der Waals surface area (Å²) >= 11 is 3.37. The van der Waals surface area contributed by atoms with Gasteiger partial charge < -0.3 is 0 Å². The maximum absolute atomic E-state index is 12.1. The van der Waals surface area contributed by atoms with Gasteiger partial charge in [-0.05, 0) is 55.4 Å². The Hall–Kier alpha value is -1.94. The molecule has 0 unspecified atom stereocenters. The quantitative estimate of drug-likeness (QED) is 0.767. The van der Waals surface area contributed by atoms with E-state index in [0.717, 1.165) is 35.9 Å². The highest BCUT2D eigenvalue weighted by atomic mass is 79.9. The van der Waals surface area contributed by atoms with Gasteiger partial charge in [-0.1, -0.05) is 52.3 Å². The summed E-state index contributed by atoms with van der Waals surface area (Å²) in [6, 6.07) is 18.0. The van der Waals surface area contributed by atoms with E-state index in [0.29, 0.717) is 11.5 Å². The minimum absolute atomic E-state index is 0.163. The van der Waals surface area contributed by atoms with E-state index in [9.17, 15) is 4.79 Å². The van der Waals surface area contributed by atoms with Crippen LogP contribution in [-0.4, -0.2) is 11.6 Å². The van der Waals surface area contributed by atoms with Crippen LogP contribution in [0.5, 0.6) is 0 Å². The van der Waals surface area contributed by atoms with Crippen molar-refractivity contribution in [2.45, 2.75) is 31.6 Å². The topological polar surface area (TPSA) is 41.5 Å². The van der Waals surface area contributed by atoms with E-state index in [-0.39, 0.29) is 5.91 Å². The number of hydrogen-bond donors (Lipinski definition) is 1. The van der Waals surface area contributed by atoms with Crippen LogP contribution in [0.1, 0.15) is 47.5 Å². The molecule has 0 aliphatic heterocycles. The third-order valence-electron chi connectivity index (χ3n) is 4.24. The van der Waals surface area contributed by atoms with Crippen molar-refractivity contribution in [3.05, 3.63) is 70.2 Å². The molecule has 1 aliphatic carbocycles. The average Bonchev–Trinajstić information content (AvgIpc) is 2.61. The fourth-order valence-electron chi connectivity index (χ4n) is 2.95. The number of carbonyl (C=O) groups is 1. The number of amides is 1. The van der Waals surface area contributed by atoms with Crippen molar-refractivity contribution >= 4 is 27.5 Å². The zero-order chi connectivity index (χ0) is 16.1. The third-order valence-corrected chi connectivity index (χ3v) is 4.73. The SMILES string of the molecule is O=C(NN=C1CCC(c2ccccc2)CC1)c1cccc(Br)c1. The summed E-state index contributed by atoms with van der Waals surface area (Å²) in [4.78, 5) is 12.1. The molecule has 3 rings (SSSR count). The monoisotopic (exact) mass is 370 g/mol. The standard InChI is InChI=1S/C19H19BrN2O/c20-17-8-4-7-16(13-17)19(23)22-21-18-11-9-15(10-12-18)14-5-2-1-3-6-14/h1-8,13,15H,9-12H2,(H,22,23). The molecule has 0 spiro atoms. The molecule has 1 amide bonds. The number of nitrogens with one attached hydrogen (secondary N) is 1. The molecule has 0 bridgehead atoms. The number of halogens is 1. The molecule has 3 nitrogen and oxygen atoms in total. The average molecular weight is 371 g/mol. The molecule has 118 valence electrons. The first kappa shape index (κ1) is 15.9. The Morgan fingerprint density at radius 2 is 1.78 bits per heavy atom. The van der Waals surface area contributed by atoms with Crippen LogP contribution in [0.2, 0.25) is 0 Å². The number of hydrogen-bond acceptors (Lipinski definition) is 2. The molecule has 1 saturated carbocycles. The van der Waals surface area contributed by atoms with Gasteiger partial charge >= 0.3 is 0 Å². The Morgan fingerprint density at radius 1 is 1.04 bits per heavy atom. The van der Waals surface area contributed by atoms with Crippen molar-refractivity contribution in [1.29, 1.82) is 0 Å². The van der Waals surface area contributed by atoms with E-state index in [1.54, 1.807) is 12.1 Å². The molecule has 0 radical (unpaired) electrons. The maximum Gasteiger partial charge on any atom is 0.271 e. The zero-order valence-corrected chi connectivity index (χ0v) is 14.4. The lowest BCUT2D eigenvalue weighted by molar-refractivity contribution is 0.0954. The van der Waals surface area contributed by atoms with Crippen molar-refractivity contribution < 1.29 is 4.79 Å². The van der Waals surface area contributed by atoms with E-state index in [4.69, 9.17) is 0 Å². The van der Waals surface area contributed by atoms with Crippen molar-refractivity contribution in [1.82, 2.24) is 5.43 Å². The Bertz CT molecular complexity index is 702. The van der Waals surface area contributed by atoms with Crippen LogP contribution in [-0.2, 0) is 0 Å². The minimum Gasteiger partial charge on any atom is -0.267 e. The van der Waals surface area contributed by atoms with Gasteiger partial charge in [0.1, 0.15) is 0 Å². The Labute approximate surface area is 144 Å². The fourth-order valence-corrected chi connectivity index (χ4v) is 3.34. The molecular weight excluding hydrogens is 352 g/mol. The first-order valence-corrected chi connectivity index (χ1v) is 8.68. The van der Waals surface area contributed by atoms with Crippen molar-refractivity contribution in [3.63, 3.8) is 0 Å². The van der Waals surface area contributed by atoms with Gasteiger partial charge in [-0.2, -0.15) is 5.10 Å². The molecule has 0 heterocycles. The Kier molecular flexibility index (Phi) is 5.23. The van der Waals surface area contributed by atoms with Crippen LogP contribution in [0, 0.1) is 0 Å². The lowest BCUT2D eigenvalue weighted by Gasteiger charge is -2.23. The number of carbonyl (C=O) groups excluding carboxylic acids is 1. The van der Waals surface area contributed by atoms with E-state index in [2.05, 4.69) is 56.8 Å². The lowest BCUT2D eigenvalue weighted by atomic mass is 9.83. The highest BCUT2D eigenvalue weighted by molar-refractivity contribution is 9.10. The van der Waals surface area contributed by atoms with Crippen LogP contribution in [0.25, 0.3) is 0 Å². The van der Waals surface area contributed by atoms with E-state index < -0.39 is 0 Å². The second kappa shape index (κ2) is 7.55. The number of benzene rings is 2. The minimum atomic E-state index is -0.163. The van der Waals surface area contributed by atoms with Crippen molar-refractivity contribution in [3.8, 4) is 0 Å². The molecule has 23 heavy (non-hydrogen) atoms. The number of hydrazone groups is 1. The third kappa shape index (κ3) is 4.29. The Balaban J connectivity index is 1.55. The van der Waals surface area contributed by atoms with Crippen LogP contribution in [0.4, 0.5) is 0 Å². The van der Waals surface area contributed by atoms with Crippen molar-refractivity contribution in [2.24, 2.45) is 5.10 Å². The van der Waals surface area contributed by atoms with Crippen LogP contribution < -0.4 is 5.43 Å². The molecule has 1 fully saturated rings. The lowest BCUT2D eigenvalue weighted by Crippen LogP contribution is -2.22. The number of rotatable bonds is 3. The normalized spacial score (nSPS) is 17.6. The van der Waals surface area contributed by atoms with Crippen LogP contribution in [0.3, 0.4) is 0 Å². The predicted octanol–water partition coefficient (Wildman–Crippen LogP) is 4.89. The summed E-state index contributed by atoms with van der Waals surface area (Å²) in [5.74, 6) is 0.444. The van der Waals surface area contributed by atoms with Gasteiger partial charge in [-0.25, -0.2) is 5.43 Å². The van der Waals surface area contributed by atoms with Gasteiger partial charge in [0.15, 0.2) is 0 Å². The molecule has 2 aromatic rings. The van der Waals surface area contributed by atoms with Gasteiger partial charge in [-0.3, -0.25) is 4.79 Å². The molecular formula is C19H19BrN2O. The smallest absolute Gasteiger partial charge is 0.267 e. The fraction of sp³-hybridized carbons (Fsp3) is 0.263. The van der Waals surface area contributed by atoms with Gasteiger partial charge in [0, 0.05) is 15.7 Å². The van der Waals surface area contributed by atoms with Gasteiger partial charge in [-0.15, -0.1) is 0 Å². The van der Waals surface area contributed by atoms with Crippen LogP contribution in [0.15, 0.2) is 64.2 Å². The zero-order valence-electron chi connectivity index (χ0n) is 12.8. The highest BCUT2D eigenvalue weighted by Crippen LogP contribution is 2.31. The largest absolute Gasteiger partial charge is 0.271 e. The summed E-state index contributed by atoms with van der Waals surface area (Å²) < 4.78 is 0.890.